The minimum absolute atomic E-state index is 0.297. The average Bonchev–Trinajstić information content (AvgIpc) is 2.32. The van der Waals surface area contributed by atoms with Crippen LogP contribution >= 0.6 is 11.6 Å². The fraction of sp³-hybridized carbons (Fsp3) is 0.714. The first kappa shape index (κ1) is 15.2. The van der Waals surface area contributed by atoms with Crippen LogP contribution in [0.4, 0.5) is 5.82 Å². The summed E-state index contributed by atoms with van der Waals surface area (Å²) in [5.41, 5.74) is 0.972. The third kappa shape index (κ3) is 3.84. The number of unbranched alkanes of at least 4 members (excludes halogenated alkanes) is 2. The van der Waals surface area contributed by atoms with E-state index in [0.29, 0.717) is 11.1 Å². The van der Waals surface area contributed by atoms with Gasteiger partial charge >= 0.3 is 0 Å². The maximum absolute atomic E-state index is 6.19. The van der Waals surface area contributed by atoms with Gasteiger partial charge < -0.3 is 4.90 Å². The molecule has 4 heteroatoms. The second-order valence-electron chi connectivity index (χ2n) is 5.10. The van der Waals surface area contributed by atoms with Gasteiger partial charge in [-0.05, 0) is 13.3 Å². The summed E-state index contributed by atoms with van der Waals surface area (Å²) in [6.45, 7) is 9.38. The van der Waals surface area contributed by atoms with E-state index in [2.05, 4.69) is 42.7 Å². The van der Waals surface area contributed by atoms with Crippen LogP contribution in [0.15, 0.2) is 0 Å². The summed E-state index contributed by atoms with van der Waals surface area (Å²) in [6, 6.07) is 0. The SMILES string of the molecule is CCCCCN(C)c1nc(C(C)C)nc(Cl)c1C. The van der Waals surface area contributed by atoms with E-state index >= 15 is 0 Å². The maximum atomic E-state index is 6.19. The maximum Gasteiger partial charge on any atom is 0.137 e. The largest absolute Gasteiger partial charge is 0.359 e. The molecule has 1 aromatic rings. The number of nitrogens with zero attached hydrogens (tertiary/aromatic N) is 3. The van der Waals surface area contributed by atoms with Gasteiger partial charge in [0.25, 0.3) is 0 Å². The van der Waals surface area contributed by atoms with Crippen LogP contribution in [-0.4, -0.2) is 23.6 Å². The number of hydrogen-bond acceptors (Lipinski definition) is 3. The zero-order valence-corrected chi connectivity index (χ0v) is 12.9. The Kier molecular flexibility index (Phi) is 5.86. The first-order valence-corrected chi connectivity index (χ1v) is 7.10. The third-order valence-electron chi connectivity index (χ3n) is 3.05. The van der Waals surface area contributed by atoms with Gasteiger partial charge in [0, 0.05) is 25.1 Å². The zero-order chi connectivity index (χ0) is 13.7. The Morgan fingerprint density at radius 2 is 1.89 bits per heavy atom. The summed E-state index contributed by atoms with van der Waals surface area (Å²) in [5.74, 6) is 2.09. The smallest absolute Gasteiger partial charge is 0.137 e. The van der Waals surface area contributed by atoms with E-state index in [1.165, 1.54) is 19.3 Å². The highest BCUT2D eigenvalue weighted by molar-refractivity contribution is 6.30. The Hall–Kier alpha value is -0.830. The molecule has 0 N–H and O–H groups in total. The molecule has 0 bridgehead atoms. The molecule has 18 heavy (non-hydrogen) atoms. The molecule has 0 aliphatic carbocycles. The molecule has 1 heterocycles. The Morgan fingerprint density at radius 3 is 2.44 bits per heavy atom. The molecule has 1 aromatic heterocycles. The second kappa shape index (κ2) is 6.93. The van der Waals surface area contributed by atoms with Crippen molar-refractivity contribution >= 4 is 17.4 Å². The van der Waals surface area contributed by atoms with Crippen LogP contribution in [0.5, 0.6) is 0 Å². The molecule has 0 fully saturated rings. The van der Waals surface area contributed by atoms with Crippen molar-refractivity contribution in [3.05, 3.63) is 16.5 Å². The van der Waals surface area contributed by atoms with Crippen LogP contribution in [0.25, 0.3) is 0 Å². The first-order chi connectivity index (χ1) is 8.47. The first-order valence-electron chi connectivity index (χ1n) is 6.72. The van der Waals surface area contributed by atoms with Crippen molar-refractivity contribution in [1.82, 2.24) is 9.97 Å². The van der Waals surface area contributed by atoms with Crippen molar-refractivity contribution < 1.29 is 0 Å². The van der Waals surface area contributed by atoms with Crippen LogP contribution < -0.4 is 4.90 Å². The molecule has 0 aliphatic rings. The lowest BCUT2D eigenvalue weighted by molar-refractivity contribution is 0.693. The van der Waals surface area contributed by atoms with Crippen molar-refractivity contribution in [1.29, 1.82) is 0 Å². The Labute approximate surface area is 116 Å². The Morgan fingerprint density at radius 1 is 1.22 bits per heavy atom. The fourth-order valence-corrected chi connectivity index (χ4v) is 2.00. The molecule has 0 saturated heterocycles. The van der Waals surface area contributed by atoms with Crippen molar-refractivity contribution in [3.8, 4) is 0 Å². The molecule has 102 valence electrons. The van der Waals surface area contributed by atoms with Gasteiger partial charge in [0.05, 0.1) is 0 Å². The van der Waals surface area contributed by atoms with Crippen LogP contribution in [0.2, 0.25) is 5.15 Å². The van der Waals surface area contributed by atoms with Gasteiger partial charge in [-0.25, -0.2) is 9.97 Å². The highest BCUT2D eigenvalue weighted by Gasteiger charge is 2.14. The average molecular weight is 270 g/mol. The van der Waals surface area contributed by atoms with Crippen LogP contribution in [0, 0.1) is 6.92 Å². The lowest BCUT2D eigenvalue weighted by Gasteiger charge is -2.21. The van der Waals surface area contributed by atoms with Crippen molar-refractivity contribution in [2.45, 2.75) is 52.9 Å². The van der Waals surface area contributed by atoms with E-state index in [1.807, 2.05) is 6.92 Å². The standard InChI is InChI=1S/C14H24ClN3/c1-6-7-8-9-18(5)14-11(4)12(15)16-13(17-14)10(2)3/h10H,6-9H2,1-5H3. The van der Waals surface area contributed by atoms with Gasteiger partial charge in [-0.2, -0.15) is 0 Å². The molecule has 0 unspecified atom stereocenters. The third-order valence-corrected chi connectivity index (χ3v) is 3.42. The lowest BCUT2D eigenvalue weighted by Crippen LogP contribution is -2.22. The minimum atomic E-state index is 0.297. The second-order valence-corrected chi connectivity index (χ2v) is 5.46. The Balaban J connectivity index is 2.92. The van der Waals surface area contributed by atoms with Crippen LogP contribution in [0.3, 0.4) is 0 Å². The highest BCUT2D eigenvalue weighted by Crippen LogP contribution is 2.25. The highest BCUT2D eigenvalue weighted by atomic mass is 35.5. The Bertz CT molecular complexity index is 391. The summed E-state index contributed by atoms with van der Waals surface area (Å²) < 4.78 is 0. The van der Waals surface area contributed by atoms with Gasteiger partial charge in [0.2, 0.25) is 0 Å². The molecule has 0 amide bonds. The van der Waals surface area contributed by atoms with Gasteiger partial charge in [-0.15, -0.1) is 0 Å². The molecule has 0 spiro atoms. The predicted octanol–water partition coefficient (Wildman–Crippen LogP) is 4.19. The van der Waals surface area contributed by atoms with E-state index in [9.17, 15) is 0 Å². The lowest BCUT2D eigenvalue weighted by atomic mass is 10.2. The number of hydrogen-bond donors (Lipinski definition) is 0. The van der Waals surface area contributed by atoms with Gasteiger partial charge in [-0.3, -0.25) is 0 Å². The molecule has 3 nitrogen and oxygen atoms in total. The molecule has 0 radical (unpaired) electrons. The summed E-state index contributed by atoms with van der Waals surface area (Å²) in [7, 11) is 2.07. The molecule has 0 atom stereocenters. The quantitative estimate of drug-likeness (QED) is 0.573. The van der Waals surface area contributed by atoms with Crippen molar-refractivity contribution in [2.24, 2.45) is 0 Å². The minimum Gasteiger partial charge on any atom is -0.359 e. The van der Waals surface area contributed by atoms with E-state index in [4.69, 9.17) is 11.6 Å². The molecule has 0 saturated carbocycles. The number of halogens is 1. The van der Waals surface area contributed by atoms with E-state index in [-0.39, 0.29) is 0 Å². The number of aromatic nitrogens is 2. The van der Waals surface area contributed by atoms with Crippen LogP contribution in [-0.2, 0) is 0 Å². The predicted molar refractivity (Wildman–Crippen MR) is 78.7 cm³/mol. The van der Waals surface area contributed by atoms with Gasteiger partial charge in [-0.1, -0.05) is 45.2 Å². The summed E-state index contributed by atoms with van der Waals surface area (Å²) in [6.07, 6.45) is 3.67. The van der Waals surface area contributed by atoms with Crippen LogP contribution in [0.1, 0.15) is 57.3 Å². The van der Waals surface area contributed by atoms with E-state index < -0.39 is 0 Å². The monoisotopic (exact) mass is 269 g/mol. The normalized spacial score (nSPS) is 11.1. The topological polar surface area (TPSA) is 29.0 Å². The van der Waals surface area contributed by atoms with Gasteiger partial charge in [0.15, 0.2) is 0 Å². The number of rotatable bonds is 6. The number of anilines is 1. The van der Waals surface area contributed by atoms with Gasteiger partial charge in [0.1, 0.15) is 16.8 Å². The molecular weight excluding hydrogens is 246 g/mol. The summed E-state index contributed by atoms with van der Waals surface area (Å²) in [5, 5.41) is 0.575. The van der Waals surface area contributed by atoms with E-state index in [0.717, 1.165) is 23.8 Å². The van der Waals surface area contributed by atoms with E-state index in [1.54, 1.807) is 0 Å². The van der Waals surface area contributed by atoms with Crippen molar-refractivity contribution in [3.63, 3.8) is 0 Å². The summed E-state index contributed by atoms with van der Waals surface area (Å²) in [4.78, 5) is 11.2. The van der Waals surface area contributed by atoms with Crippen molar-refractivity contribution in [2.75, 3.05) is 18.5 Å². The molecular formula is C14H24ClN3. The summed E-state index contributed by atoms with van der Waals surface area (Å²) >= 11 is 6.19. The molecule has 0 aliphatic heterocycles. The molecule has 0 aromatic carbocycles. The zero-order valence-electron chi connectivity index (χ0n) is 12.1. The molecule has 1 rings (SSSR count). The fourth-order valence-electron chi connectivity index (χ4n) is 1.83.